The Labute approximate surface area is 132 Å². The standard InChI is InChI=1S/C15H19N3OS2/c1-2-4-13-17-11(10-21-13)9-18-7-6-16-15(19)14(18)12-5-3-8-20-12/h3,5,8,10,14H,2,4,6-7,9H2,1H3,(H,16,19)/t14-/m1/s1. The fraction of sp³-hybridized carbons (Fsp3) is 0.467. The molecule has 1 fully saturated rings. The van der Waals surface area contributed by atoms with E-state index in [-0.39, 0.29) is 11.9 Å². The fourth-order valence-corrected chi connectivity index (χ4v) is 4.35. The third kappa shape index (κ3) is 3.33. The number of thiazole rings is 1. The maximum Gasteiger partial charge on any atom is 0.242 e. The Balaban J connectivity index is 1.76. The largest absolute Gasteiger partial charge is 0.353 e. The predicted molar refractivity (Wildman–Crippen MR) is 86.6 cm³/mol. The van der Waals surface area contributed by atoms with Gasteiger partial charge in [-0.3, -0.25) is 9.69 Å². The van der Waals surface area contributed by atoms with Crippen LogP contribution in [0.3, 0.4) is 0 Å². The molecule has 2 aromatic rings. The van der Waals surface area contributed by atoms with E-state index in [4.69, 9.17) is 0 Å². The number of carbonyl (C=O) groups is 1. The smallest absolute Gasteiger partial charge is 0.242 e. The zero-order valence-electron chi connectivity index (χ0n) is 12.0. The van der Waals surface area contributed by atoms with Gasteiger partial charge in [0.1, 0.15) is 6.04 Å². The summed E-state index contributed by atoms with van der Waals surface area (Å²) >= 11 is 3.37. The van der Waals surface area contributed by atoms with E-state index < -0.39 is 0 Å². The SMILES string of the molecule is CCCc1nc(CN2CCNC(=O)[C@H]2c2cccs2)cs1. The van der Waals surface area contributed by atoms with Gasteiger partial charge in [0.2, 0.25) is 5.91 Å². The van der Waals surface area contributed by atoms with Gasteiger partial charge in [0.05, 0.1) is 10.7 Å². The number of piperazine rings is 1. The normalized spacial score (nSPS) is 19.7. The lowest BCUT2D eigenvalue weighted by atomic mass is 10.1. The van der Waals surface area contributed by atoms with Gasteiger partial charge in [-0.15, -0.1) is 22.7 Å². The number of aromatic nitrogens is 1. The first-order valence-electron chi connectivity index (χ1n) is 7.26. The molecule has 112 valence electrons. The maximum atomic E-state index is 12.2. The number of rotatable bonds is 5. The predicted octanol–water partition coefficient (Wildman–Crippen LogP) is 2.83. The Morgan fingerprint density at radius 3 is 3.14 bits per heavy atom. The molecule has 0 aliphatic carbocycles. The molecule has 21 heavy (non-hydrogen) atoms. The van der Waals surface area contributed by atoms with Crippen LogP contribution in [0.25, 0.3) is 0 Å². The van der Waals surface area contributed by atoms with Crippen LogP contribution in [0.2, 0.25) is 0 Å². The van der Waals surface area contributed by atoms with Crippen LogP contribution in [-0.2, 0) is 17.8 Å². The molecular formula is C15H19N3OS2. The summed E-state index contributed by atoms with van der Waals surface area (Å²) in [4.78, 5) is 20.3. The maximum absolute atomic E-state index is 12.2. The van der Waals surface area contributed by atoms with Gasteiger partial charge >= 0.3 is 0 Å². The third-order valence-corrected chi connectivity index (χ3v) is 5.43. The van der Waals surface area contributed by atoms with Crippen LogP contribution in [-0.4, -0.2) is 28.9 Å². The summed E-state index contributed by atoms with van der Waals surface area (Å²) in [6, 6.07) is 3.87. The van der Waals surface area contributed by atoms with Gasteiger partial charge in [0, 0.05) is 29.9 Å². The van der Waals surface area contributed by atoms with Crippen LogP contribution in [0.1, 0.15) is 35.0 Å². The molecule has 6 heteroatoms. The monoisotopic (exact) mass is 321 g/mol. The summed E-state index contributed by atoms with van der Waals surface area (Å²) in [5, 5.41) is 8.32. The summed E-state index contributed by atoms with van der Waals surface area (Å²) in [7, 11) is 0. The first-order valence-corrected chi connectivity index (χ1v) is 9.02. The zero-order valence-corrected chi connectivity index (χ0v) is 13.7. The van der Waals surface area contributed by atoms with Crippen molar-refractivity contribution in [2.24, 2.45) is 0 Å². The van der Waals surface area contributed by atoms with Crippen molar-refractivity contribution < 1.29 is 4.79 Å². The van der Waals surface area contributed by atoms with Crippen molar-refractivity contribution in [3.8, 4) is 0 Å². The highest BCUT2D eigenvalue weighted by Gasteiger charge is 2.32. The van der Waals surface area contributed by atoms with Gasteiger partial charge in [-0.2, -0.15) is 0 Å². The molecule has 4 nitrogen and oxygen atoms in total. The highest BCUT2D eigenvalue weighted by Crippen LogP contribution is 2.28. The summed E-state index contributed by atoms with van der Waals surface area (Å²) in [5.74, 6) is 0.104. The van der Waals surface area contributed by atoms with Gasteiger partial charge < -0.3 is 5.32 Å². The van der Waals surface area contributed by atoms with Gasteiger partial charge in [-0.05, 0) is 24.3 Å². The Hall–Kier alpha value is -1.24. The summed E-state index contributed by atoms with van der Waals surface area (Å²) in [5.41, 5.74) is 1.08. The molecule has 0 unspecified atom stereocenters. The van der Waals surface area contributed by atoms with Crippen molar-refractivity contribution in [2.75, 3.05) is 13.1 Å². The average Bonchev–Trinajstić information content (AvgIpc) is 3.11. The second kappa shape index (κ2) is 6.68. The number of amides is 1. The van der Waals surface area contributed by atoms with Crippen molar-refractivity contribution >= 4 is 28.6 Å². The summed E-state index contributed by atoms with van der Waals surface area (Å²) < 4.78 is 0. The molecule has 1 atom stereocenters. The van der Waals surface area contributed by atoms with Crippen LogP contribution in [0, 0.1) is 0 Å². The molecule has 0 spiro atoms. The molecule has 1 aliphatic heterocycles. The van der Waals surface area contributed by atoms with E-state index in [9.17, 15) is 4.79 Å². The quantitative estimate of drug-likeness (QED) is 0.921. The van der Waals surface area contributed by atoms with Crippen molar-refractivity contribution in [1.29, 1.82) is 0 Å². The van der Waals surface area contributed by atoms with E-state index in [1.807, 2.05) is 17.5 Å². The molecule has 1 N–H and O–H groups in total. The number of hydrogen-bond donors (Lipinski definition) is 1. The summed E-state index contributed by atoms with van der Waals surface area (Å²) in [6.45, 7) is 4.50. The van der Waals surface area contributed by atoms with E-state index in [2.05, 4.69) is 27.5 Å². The van der Waals surface area contributed by atoms with Crippen molar-refractivity contribution in [3.63, 3.8) is 0 Å². The second-order valence-corrected chi connectivity index (χ2v) is 7.08. The number of nitrogens with one attached hydrogen (secondary N) is 1. The molecule has 1 amide bonds. The Morgan fingerprint density at radius 1 is 1.48 bits per heavy atom. The van der Waals surface area contributed by atoms with Crippen LogP contribution < -0.4 is 5.32 Å². The molecule has 2 aromatic heterocycles. The molecule has 3 heterocycles. The van der Waals surface area contributed by atoms with E-state index in [1.54, 1.807) is 22.7 Å². The Bertz CT molecular complexity index is 594. The molecule has 0 radical (unpaired) electrons. The molecular weight excluding hydrogens is 302 g/mol. The van der Waals surface area contributed by atoms with Crippen molar-refractivity contribution in [3.05, 3.63) is 38.5 Å². The number of hydrogen-bond acceptors (Lipinski definition) is 5. The number of nitrogens with zero attached hydrogens (tertiary/aromatic N) is 2. The highest BCUT2D eigenvalue weighted by molar-refractivity contribution is 7.10. The molecule has 0 aromatic carbocycles. The number of carbonyl (C=O) groups excluding carboxylic acids is 1. The first kappa shape index (κ1) is 14.7. The average molecular weight is 321 g/mol. The van der Waals surface area contributed by atoms with E-state index in [0.717, 1.165) is 36.5 Å². The lowest BCUT2D eigenvalue weighted by molar-refractivity contribution is -0.129. The van der Waals surface area contributed by atoms with E-state index >= 15 is 0 Å². The molecule has 0 bridgehead atoms. The first-order chi connectivity index (χ1) is 10.3. The molecule has 0 saturated carbocycles. The van der Waals surface area contributed by atoms with Crippen molar-refractivity contribution in [2.45, 2.75) is 32.4 Å². The minimum atomic E-state index is -0.171. The minimum absolute atomic E-state index is 0.104. The fourth-order valence-electron chi connectivity index (χ4n) is 2.60. The molecule has 3 rings (SSSR count). The van der Waals surface area contributed by atoms with Gasteiger partial charge in [-0.25, -0.2) is 4.98 Å². The molecule has 1 aliphatic rings. The minimum Gasteiger partial charge on any atom is -0.353 e. The number of aryl methyl sites for hydroxylation is 1. The van der Waals surface area contributed by atoms with Crippen LogP contribution in [0.15, 0.2) is 22.9 Å². The Kier molecular flexibility index (Phi) is 4.67. The lowest BCUT2D eigenvalue weighted by Gasteiger charge is -2.33. The van der Waals surface area contributed by atoms with Crippen LogP contribution >= 0.6 is 22.7 Å². The van der Waals surface area contributed by atoms with Crippen LogP contribution in [0.4, 0.5) is 0 Å². The van der Waals surface area contributed by atoms with Gasteiger partial charge in [-0.1, -0.05) is 13.0 Å². The van der Waals surface area contributed by atoms with E-state index in [0.29, 0.717) is 6.54 Å². The number of thiophene rings is 1. The third-order valence-electron chi connectivity index (χ3n) is 3.55. The Morgan fingerprint density at radius 2 is 2.38 bits per heavy atom. The second-order valence-electron chi connectivity index (χ2n) is 5.16. The van der Waals surface area contributed by atoms with E-state index in [1.165, 1.54) is 5.01 Å². The summed E-state index contributed by atoms with van der Waals surface area (Å²) in [6.07, 6.45) is 2.16. The van der Waals surface area contributed by atoms with Crippen molar-refractivity contribution in [1.82, 2.24) is 15.2 Å². The topological polar surface area (TPSA) is 45.2 Å². The highest BCUT2D eigenvalue weighted by atomic mass is 32.1. The van der Waals surface area contributed by atoms with Gasteiger partial charge in [0.25, 0.3) is 0 Å². The van der Waals surface area contributed by atoms with Gasteiger partial charge in [0.15, 0.2) is 0 Å². The van der Waals surface area contributed by atoms with Crippen LogP contribution in [0.5, 0.6) is 0 Å². The zero-order chi connectivity index (χ0) is 14.7. The molecule has 1 saturated heterocycles. The lowest BCUT2D eigenvalue weighted by Crippen LogP contribution is -2.49.